The zero-order valence-electron chi connectivity index (χ0n) is 8.98. The molecule has 0 radical (unpaired) electrons. The molecule has 0 rings (SSSR count). The molecule has 0 heterocycles. The molecule has 0 aromatic heterocycles. The van der Waals surface area contributed by atoms with Crippen LogP contribution in [0, 0.1) is 5.92 Å². The summed E-state index contributed by atoms with van der Waals surface area (Å²) in [5.74, 6) is 0.860. The Morgan fingerprint density at radius 3 is 2.42 bits per heavy atom. The van der Waals surface area contributed by atoms with Crippen LogP contribution in [0.1, 0.15) is 33.6 Å². The van der Waals surface area contributed by atoms with Crippen molar-refractivity contribution in [3.63, 3.8) is 0 Å². The fraction of sp³-hybridized carbons (Fsp3) is 1.00. The Kier molecular flexibility index (Phi) is 7.51. The molecule has 0 aliphatic heterocycles. The van der Waals surface area contributed by atoms with E-state index in [0.29, 0.717) is 6.04 Å². The molecular formula is C10H24N2. The van der Waals surface area contributed by atoms with Gasteiger partial charge >= 0.3 is 0 Å². The van der Waals surface area contributed by atoms with E-state index in [0.717, 1.165) is 19.0 Å². The summed E-state index contributed by atoms with van der Waals surface area (Å²) < 4.78 is 0. The molecule has 2 nitrogen and oxygen atoms in total. The topological polar surface area (TPSA) is 24.1 Å². The van der Waals surface area contributed by atoms with Crippen molar-refractivity contribution in [2.75, 3.05) is 20.1 Å². The average Bonchev–Trinajstić information content (AvgIpc) is 2.04. The molecule has 2 atom stereocenters. The quantitative estimate of drug-likeness (QED) is 0.610. The standard InChI is InChI=1S/C10H24N2/c1-5-9(2)6-7-12-10(3)8-11-4/h9-12H,5-8H2,1-4H3. The van der Waals surface area contributed by atoms with Crippen LogP contribution in [0.25, 0.3) is 0 Å². The van der Waals surface area contributed by atoms with Crippen LogP contribution in [0.2, 0.25) is 0 Å². The fourth-order valence-corrected chi connectivity index (χ4v) is 1.16. The van der Waals surface area contributed by atoms with E-state index in [1.807, 2.05) is 7.05 Å². The molecule has 0 aliphatic rings. The summed E-state index contributed by atoms with van der Waals surface area (Å²) >= 11 is 0. The minimum atomic E-state index is 0.596. The van der Waals surface area contributed by atoms with Gasteiger partial charge in [-0.15, -0.1) is 0 Å². The highest BCUT2D eigenvalue weighted by Crippen LogP contribution is 2.04. The smallest absolute Gasteiger partial charge is 0.0164 e. The highest BCUT2D eigenvalue weighted by atomic mass is 15.0. The van der Waals surface area contributed by atoms with Crippen molar-refractivity contribution >= 4 is 0 Å². The lowest BCUT2D eigenvalue weighted by Gasteiger charge is -2.14. The zero-order valence-corrected chi connectivity index (χ0v) is 8.98. The molecule has 2 unspecified atom stereocenters. The Balaban J connectivity index is 3.18. The second kappa shape index (κ2) is 7.56. The summed E-state index contributed by atoms with van der Waals surface area (Å²) in [6, 6.07) is 0.596. The van der Waals surface area contributed by atoms with Crippen molar-refractivity contribution in [1.29, 1.82) is 0 Å². The second-order valence-corrected chi connectivity index (χ2v) is 3.71. The van der Waals surface area contributed by atoms with Crippen molar-refractivity contribution in [1.82, 2.24) is 10.6 Å². The van der Waals surface area contributed by atoms with E-state index in [9.17, 15) is 0 Å². The largest absolute Gasteiger partial charge is 0.318 e. The molecule has 0 saturated carbocycles. The molecule has 12 heavy (non-hydrogen) atoms. The minimum absolute atomic E-state index is 0.596. The van der Waals surface area contributed by atoms with E-state index in [-0.39, 0.29) is 0 Å². The summed E-state index contributed by atoms with van der Waals surface area (Å²) in [5, 5.41) is 6.64. The van der Waals surface area contributed by atoms with Crippen LogP contribution >= 0.6 is 0 Å². The first-order valence-electron chi connectivity index (χ1n) is 5.08. The summed E-state index contributed by atoms with van der Waals surface area (Å²) in [7, 11) is 1.99. The Labute approximate surface area is 77.1 Å². The van der Waals surface area contributed by atoms with Gasteiger partial charge in [-0.05, 0) is 32.9 Å². The summed E-state index contributed by atoms with van der Waals surface area (Å²) in [4.78, 5) is 0. The molecular weight excluding hydrogens is 148 g/mol. The van der Waals surface area contributed by atoms with Crippen LogP contribution in [0.15, 0.2) is 0 Å². The first-order chi connectivity index (χ1) is 5.70. The molecule has 0 aliphatic carbocycles. The first-order valence-corrected chi connectivity index (χ1v) is 5.08. The Morgan fingerprint density at radius 2 is 1.92 bits per heavy atom. The van der Waals surface area contributed by atoms with Gasteiger partial charge in [0.05, 0.1) is 0 Å². The van der Waals surface area contributed by atoms with E-state index >= 15 is 0 Å². The van der Waals surface area contributed by atoms with Crippen molar-refractivity contribution < 1.29 is 0 Å². The monoisotopic (exact) mass is 172 g/mol. The van der Waals surface area contributed by atoms with Crippen LogP contribution in [0.4, 0.5) is 0 Å². The van der Waals surface area contributed by atoms with Crippen LogP contribution in [0.3, 0.4) is 0 Å². The third kappa shape index (κ3) is 6.62. The number of nitrogens with one attached hydrogen (secondary N) is 2. The molecule has 0 bridgehead atoms. The highest BCUT2D eigenvalue weighted by molar-refractivity contribution is 4.63. The molecule has 74 valence electrons. The Morgan fingerprint density at radius 1 is 1.25 bits per heavy atom. The van der Waals surface area contributed by atoms with Crippen molar-refractivity contribution in [3.8, 4) is 0 Å². The maximum absolute atomic E-state index is 3.49. The first kappa shape index (κ1) is 11.9. The number of hydrogen-bond acceptors (Lipinski definition) is 2. The number of rotatable bonds is 7. The van der Waals surface area contributed by atoms with Crippen molar-refractivity contribution in [3.05, 3.63) is 0 Å². The Bertz CT molecular complexity index is 93.8. The lowest BCUT2D eigenvalue weighted by molar-refractivity contribution is 0.450. The van der Waals surface area contributed by atoms with Gasteiger partial charge in [0.2, 0.25) is 0 Å². The molecule has 0 fully saturated rings. The SMILES string of the molecule is CCC(C)CCNC(C)CNC. The van der Waals surface area contributed by atoms with E-state index < -0.39 is 0 Å². The third-order valence-electron chi connectivity index (χ3n) is 2.34. The van der Waals surface area contributed by atoms with Crippen LogP contribution < -0.4 is 10.6 Å². The summed E-state index contributed by atoms with van der Waals surface area (Å²) in [6.07, 6.45) is 2.59. The van der Waals surface area contributed by atoms with Gasteiger partial charge in [0.1, 0.15) is 0 Å². The van der Waals surface area contributed by atoms with Crippen LogP contribution in [-0.2, 0) is 0 Å². The molecule has 0 aromatic carbocycles. The van der Waals surface area contributed by atoms with E-state index in [4.69, 9.17) is 0 Å². The minimum Gasteiger partial charge on any atom is -0.318 e. The second-order valence-electron chi connectivity index (χ2n) is 3.71. The van der Waals surface area contributed by atoms with Gasteiger partial charge < -0.3 is 10.6 Å². The van der Waals surface area contributed by atoms with Gasteiger partial charge in [-0.2, -0.15) is 0 Å². The van der Waals surface area contributed by atoms with Gasteiger partial charge in [-0.1, -0.05) is 20.3 Å². The van der Waals surface area contributed by atoms with Crippen LogP contribution in [-0.4, -0.2) is 26.2 Å². The summed E-state index contributed by atoms with van der Waals surface area (Å²) in [6.45, 7) is 8.98. The van der Waals surface area contributed by atoms with Gasteiger partial charge in [0.25, 0.3) is 0 Å². The Hall–Kier alpha value is -0.0800. The maximum atomic E-state index is 3.49. The predicted molar refractivity (Wildman–Crippen MR) is 55.5 cm³/mol. The molecule has 2 N–H and O–H groups in total. The molecule has 0 saturated heterocycles. The number of likely N-dealkylation sites (N-methyl/N-ethyl adjacent to an activating group) is 1. The summed E-state index contributed by atoms with van der Waals surface area (Å²) in [5.41, 5.74) is 0. The average molecular weight is 172 g/mol. The molecule has 0 amide bonds. The zero-order chi connectivity index (χ0) is 9.40. The molecule has 0 aromatic rings. The van der Waals surface area contributed by atoms with E-state index in [1.54, 1.807) is 0 Å². The van der Waals surface area contributed by atoms with Crippen LogP contribution in [0.5, 0.6) is 0 Å². The molecule has 2 heteroatoms. The van der Waals surface area contributed by atoms with Gasteiger partial charge in [0.15, 0.2) is 0 Å². The third-order valence-corrected chi connectivity index (χ3v) is 2.34. The predicted octanol–water partition coefficient (Wildman–Crippen LogP) is 1.62. The van der Waals surface area contributed by atoms with E-state index in [2.05, 4.69) is 31.4 Å². The fourth-order valence-electron chi connectivity index (χ4n) is 1.16. The van der Waals surface area contributed by atoms with Gasteiger partial charge in [0, 0.05) is 12.6 Å². The lowest BCUT2D eigenvalue weighted by Crippen LogP contribution is -2.35. The van der Waals surface area contributed by atoms with Crippen molar-refractivity contribution in [2.45, 2.75) is 39.7 Å². The molecule has 0 spiro atoms. The van der Waals surface area contributed by atoms with E-state index in [1.165, 1.54) is 12.8 Å². The van der Waals surface area contributed by atoms with Gasteiger partial charge in [-0.3, -0.25) is 0 Å². The number of hydrogen-bond donors (Lipinski definition) is 2. The maximum Gasteiger partial charge on any atom is 0.0164 e. The van der Waals surface area contributed by atoms with Gasteiger partial charge in [-0.25, -0.2) is 0 Å². The normalized spacial score (nSPS) is 16.0. The lowest BCUT2D eigenvalue weighted by atomic mass is 10.1. The highest BCUT2D eigenvalue weighted by Gasteiger charge is 2.01. The van der Waals surface area contributed by atoms with Crippen molar-refractivity contribution in [2.24, 2.45) is 5.92 Å².